The van der Waals surface area contributed by atoms with Gasteiger partial charge in [-0.05, 0) is 0 Å². The summed E-state index contributed by atoms with van der Waals surface area (Å²) < 4.78 is 56.5. The SMILES string of the molecule is O=S(=O)(O)CC[C@H](O)S(=O)(=O)O. The fourth-order valence-corrected chi connectivity index (χ4v) is 1.48. The van der Waals surface area contributed by atoms with E-state index >= 15 is 0 Å². The minimum Gasteiger partial charge on any atom is -0.375 e. The summed E-state index contributed by atoms with van der Waals surface area (Å²) >= 11 is 0. The molecule has 0 radical (unpaired) electrons. The molecule has 0 rings (SSSR count). The lowest BCUT2D eigenvalue weighted by molar-refractivity contribution is 0.229. The first-order valence-corrected chi connectivity index (χ1v) is 5.84. The van der Waals surface area contributed by atoms with Crippen molar-refractivity contribution in [3.05, 3.63) is 0 Å². The van der Waals surface area contributed by atoms with Gasteiger partial charge in [-0.1, -0.05) is 0 Å². The molecule has 0 fully saturated rings. The Hall–Kier alpha value is -0.220. The van der Waals surface area contributed by atoms with Crippen molar-refractivity contribution < 1.29 is 31.0 Å². The summed E-state index contributed by atoms with van der Waals surface area (Å²) in [5.74, 6) is -0.923. The molecule has 7 nitrogen and oxygen atoms in total. The van der Waals surface area contributed by atoms with Crippen molar-refractivity contribution in [2.45, 2.75) is 11.9 Å². The first-order valence-electron chi connectivity index (χ1n) is 2.72. The zero-order valence-electron chi connectivity index (χ0n) is 5.78. The minimum atomic E-state index is -4.65. The quantitative estimate of drug-likeness (QED) is 0.490. The molecule has 3 N–H and O–H groups in total. The molecule has 0 spiro atoms. The van der Waals surface area contributed by atoms with Gasteiger partial charge in [-0.15, -0.1) is 0 Å². The van der Waals surface area contributed by atoms with Gasteiger partial charge in [0.25, 0.3) is 20.2 Å². The van der Waals surface area contributed by atoms with Crippen LogP contribution in [0.3, 0.4) is 0 Å². The molecule has 9 heteroatoms. The molecule has 74 valence electrons. The standard InChI is InChI=1S/C3H8O7S2/c4-3(12(8,9)10)1-2-11(5,6)7/h3-4H,1-2H2,(H,5,6,7)(H,8,9,10)/t3-/m1/s1. The Morgan fingerprint density at radius 3 is 1.75 bits per heavy atom. The van der Waals surface area contributed by atoms with Gasteiger partial charge in [-0.3, -0.25) is 9.11 Å². The van der Waals surface area contributed by atoms with E-state index in [0.29, 0.717) is 0 Å². The highest BCUT2D eigenvalue weighted by Gasteiger charge is 2.21. The molecular weight excluding hydrogens is 212 g/mol. The fraction of sp³-hybridized carbons (Fsp3) is 1.00. The van der Waals surface area contributed by atoms with Crippen LogP contribution < -0.4 is 0 Å². The first kappa shape index (κ1) is 11.8. The molecule has 0 aromatic carbocycles. The third-order valence-corrected chi connectivity index (χ3v) is 2.64. The van der Waals surface area contributed by atoms with Gasteiger partial charge in [-0.25, -0.2) is 0 Å². The van der Waals surface area contributed by atoms with Gasteiger partial charge < -0.3 is 5.11 Å². The lowest BCUT2D eigenvalue weighted by Crippen LogP contribution is -2.23. The van der Waals surface area contributed by atoms with E-state index < -0.39 is 37.8 Å². The predicted molar refractivity (Wildman–Crippen MR) is 38.6 cm³/mol. The molecular formula is C3H8O7S2. The highest BCUT2D eigenvalue weighted by atomic mass is 32.2. The van der Waals surface area contributed by atoms with Crippen molar-refractivity contribution in [1.82, 2.24) is 0 Å². The van der Waals surface area contributed by atoms with Crippen molar-refractivity contribution >= 4 is 20.2 Å². The van der Waals surface area contributed by atoms with Crippen LogP contribution in [0.25, 0.3) is 0 Å². The Morgan fingerprint density at radius 1 is 1.08 bits per heavy atom. The molecule has 0 bridgehead atoms. The number of hydrogen-bond acceptors (Lipinski definition) is 5. The van der Waals surface area contributed by atoms with Gasteiger partial charge in [0.15, 0.2) is 5.44 Å². The molecule has 0 heterocycles. The third kappa shape index (κ3) is 5.43. The van der Waals surface area contributed by atoms with Crippen LogP contribution in [-0.4, -0.2) is 42.2 Å². The van der Waals surface area contributed by atoms with Crippen LogP contribution in [0.5, 0.6) is 0 Å². The van der Waals surface area contributed by atoms with Crippen molar-refractivity contribution in [3.8, 4) is 0 Å². The Balaban J connectivity index is 4.16. The highest BCUT2D eigenvalue weighted by molar-refractivity contribution is 7.87. The summed E-state index contributed by atoms with van der Waals surface area (Å²) in [5, 5.41) is 8.54. The summed E-state index contributed by atoms with van der Waals surface area (Å²) in [5.41, 5.74) is -2.18. The maximum atomic E-state index is 10.1. The van der Waals surface area contributed by atoms with Crippen molar-refractivity contribution in [1.29, 1.82) is 0 Å². The van der Waals surface area contributed by atoms with Gasteiger partial charge >= 0.3 is 0 Å². The van der Waals surface area contributed by atoms with Crippen LogP contribution in [0.15, 0.2) is 0 Å². The molecule has 0 aliphatic heterocycles. The van der Waals surface area contributed by atoms with Crippen LogP contribution in [0.2, 0.25) is 0 Å². The Labute approximate surface area is 69.5 Å². The zero-order chi connectivity index (χ0) is 9.99. The number of rotatable bonds is 4. The second kappa shape index (κ2) is 3.66. The highest BCUT2D eigenvalue weighted by Crippen LogP contribution is 2.01. The second-order valence-electron chi connectivity index (χ2n) is 2.04. The minimum absolute atomic E-state index is 0.766. The van der Waals surface area contributed by atoms with E-state index in [9.17, 15) is 16.8 Å². The van der Waals surface area contributed by atoms with Gasteiger partial charge in [0, 0.05) is 6.42 Å². The Kier molecular flexibility index (Phi) is 3.59. The average Bonchev–Trinajstić information content (AvgIpc) is 1.78. The summed E-state index contributed by atoms with van der Waals surface area (Å²) in [4.78, 5) is 0. The van der Waals surface area contributed by atoms with Gasteiger partial charge in [-0.2, -0.15) is 16.8 Å². The fourth-order valence-electron chi connectivity index (χ4n) is 0.399. The summed E-state index contributed by atoms with van der Waals surface area (Å²) in [6.07, 6.45) is -0.766. The van der Waals surface area contributed by atoms with Crippen LogP contribution in [0, 0.1) is 0 Å². The van der Waals surface area contributed by atoms with E-state index in [4.69, 9.17) is 14.2 Å². The molecule has 12 heavy (non-hydrogen) atoms. The summed E-state index contributed by atoms with van der Waals surface area (Å²) in [6.45, 7) is 0. The van der Waals surface area contributed by atoms with E-state index in [1.54, 1.807) is 0 Å². The normalized spacial score (nSPS) is 15.9. The van der Waals surface area contributed by atoms with E-state index in [1.165, 1.54) is 0 Å². The smallest absolute Gasteiger partial charge is 0.292 e. The predicted octanol–water partition coefficient (Wildman–Crippen LogP) is -1.53. The second-order valence-corrected chi connectivity index (χ2v) is 5.19. The number of aliphatic hydroxyl groups excluding tert-OH is 1. The van der Waals surface area contributed by atoms with Gasteiger partial charge in [0.1, 0.15) is 0 Å². The molecule has 0 aromatic heterocycles. The molecule has 0 saturated carbocycles. The molecule has 0 unspecified atom stereocenters. The molecule has 0 aliphatic carbocycles. The first-order chi connectivity index (χ1) is 5.13. The van der Waals surface area contributed by atoms with E-state index in [0.717, 1.165) is 0 Å². The van der Waals surface area contributed by atoms with E-state index in [2.05, 4.69) is 0 Å². The lowest BCUT2D eigenvalue weighted by Gasteiger charge is -2.04. The third-order valence-electron chi connectivity index (χ3n) is 0.967. The number of hydrogen-bond donors (Lipinski definition) is 3. The van der Waals surface area contributed by atoms with Gasteiger partial charge in [0.05, 0.1) is 5.75 Å². The molecule has 0 saturated heterocycles. The molecule has 0 amide bonds. The van der Waals surface area contributed by atoms with E-state index in [-0.39, 0.29) is 0 Å². The van der Waals surface area contributed by atoms with Crippen LogP contribution >= 0.6 is 0 Å². The largest absolute Gasteiger partial charge is 0.375 e. The lowest BCUT2D eigenvalue weighted by atomic mass is 10.5. The summed E-state index contributed by atoms with van der Waals surface area (Å²) in [6, 6.07) is 0. The monoisotopic (exact) mass is 220 g/mol. The van der Waals surface area contributed by atoms with Crippen LogP contribution in [0.1, 0.15) is 6.42 Å². The van der Waals surface area contributed by atoms with Crippen molar-refractivity contribution in [2.24, 2.45) is 0 Å². The van der Waals surface area contributed by atoms with Crippen molar-refractivity contribution in [3.63, 3.8) is 0 Å². The summed E-state index contributed by atoms with van der Waals surface area (Å²) in [7, 11) is -8.96. The van der Waals surface area contributed by atoms with Crippen LogP contribution in [-0.2, 0) is 20.2 Å². The average molecular weight is 220 g/mol. The zero-order valence-corrected chi connectivity index (χ0v) is 7.42. The Bertz CT molecular complexity index is 324. The molecule has 0 aliphatic rings. The van der Waals surface area contributed by atoms with Crippen molar-refractivity contribution in [2.75, 3.05) is 5.75 Å². The van der Waals surface area contributed by atoms with E-state index in [1.807, 2.05) is 0 Å². The maximum Gasteiger partial charge on any atom is 0.292 e. The number of aliphatic hydroxyl groups is 1. The topological polar surface area (TPSA) is 129 Å². The molecule has 0 aromatic rings. The van der Waals surface area contributed by atoms with Crippen LogP contribution in [0.4, 0.5) is 0 Å². The maximum absolute atomic E-state index is 10.1. The molecule has 1 atom stereocenters. The van der Waals surface area contributed by atoms with Gasteiger partial charge in [0.2, 0.25) is 0 Å². The Morgan fingerprint density at radius 2 is 1.50 bits per heavy atom.